The van der Waals surface area contributed by atoms with E-state index in [0.717, 1.165) is 37.7 Å². The first kappa shape index (κ1) is 15.6. The summed E-state index contributed by atoms with van der Waals surface area (Å²) in [6, 6.07) is 1.18. The molecule has 3 fully saturated rings. The van der Waals surface area contributed by atoms with Gasteiger partial charge in [-0.1, -0.05) is 6.92 Å². The van der Waals surface area contributed by atoms with Crippen molar-refractivity contribution in [1.82, 2.24) is 15.1 Å². The topological polar surface area (TPSA) is 35.6 Å². The molecule has 0 radical (unpaired) electrons. The van der Waals surface area contributed by atoms with Crippen molar-refractivity contribution in [1.29, 1.82) is 0 Å². The molecule has 1 amide bonds. The maximum atomic E-state index is 12.1. The molecule has 0 spiro atoms. The minimum absolute atomic E-state index is 0.107. The van der Waals surface area contributed by atoms with Crippen molar-refractivity contribution in [3.05, 3.63) is 0 Å². The Morgan fingerprint density at radius 3 is 2.33 bits per heavy atom. The van der Waals surface area contributed by atoms with E-state index in [-0.39, 0.29) is 10.7 Å². The van der Waals surface area contributed by atoms with E-state index in [1.54, 1.807) is 11.8 Å². The maximum absolute atomic E-state index is 12.1. The van der Waals surface area contributed by atoms with Crippen LogP contribution in [0.1, 0.15) is 39.5 Å². The van der Waals surface area contributed by atoms with Crippen LogP contribution >= 0.6 is 11.8 Å². The Balaban J connectivity index is 1.40. The molecule has 120 valence electrons. The lowest BCUT2D eigenvalue weighted by atomic mass is 9.97. The minimum atomic E-state index is -0.107. The fraction of sp³-hybridized carbons (Fsp3) is 0.938. The number of carbonyl (C=O) groups excluding carboxylic acids is 1. The van der Waals surface area contributed by atoms with E-state index in [1.165, 1.54) is 32.5 Å². The van der Waals surface area contributed by atoms with Crippen molar-refractivity contribution in [2.45, 2.75) is 56.4 Å². The normalized spacial score (nSPS) is 33.0. The average Bonchev–Trinajstić information content (AvgIpc) is 3.27. The Bertz CT molecular complexity index is 370. The fourth-order valence-corrected chi connectivity index (χ4v) is 4.12. The summed E-state index contributed by atoms with van der Waals surface area (Å²) in [5.41, 5.74) is 0. The molecule has 0 aliphatic carbocycles. The third-order valence-corrected chi connectivity index (χ3v) is 6.78. The zero-order valence-corrected chi connectivity index (χ0v) is 14.3. The monoisotopic (exact) mass is 311 g/mol. The van der Waals surface area contributed by atoms with Crippen molar-refractivity contribution >= 4 is 17.7 Å². The third-order valence-electron chi connectivity index (χ3n) is 5.44. The maximum Gasteiger partial charge on any atom is 0.237 e. The van der Waals surface area contributed by atoms with E-state index in [2.05, 4.69) is 29.0 Å². The van der Waals surface area contributed by atoms with Gasteiger partial charge in [0.25, 0.3) is 0 Å². The number of carbonyl (C=O) groups is 1. The lowest BCUT2D eigenvalue weighted by Gasteiger charge is -2.41. The number of hydrogen-bond acceptors (Lipinski definition) is 4. The first-order chi connectivity index (χ1) is 10.1. The molecule has 0 aromatic carbocycles. The molecule has 5 heteroatoms. The van der Waals surface area contributed by atoms with Gasteiger partial charge < -0.3 is 15.1 Å². The fourth-order valence-electron chi connectivity index (χ4n) is 3.59. The van der Waals surface area contributed by atoms with Crippen LogP contribution in [0.4, 0.5) is 0 Å². The largest absolute Gasteiger partial charge is 0.352 e. The molecule has 21 heavy (non-hydrogen) atoms. The summed E-state index contributed by atoms with van der Waals surface area (Å²) in [5, 5.41) is 3.27. The predicted molar refractivity (Wildman–Crippen MR) is 88.7 cm³/mol. The summed E-state index contributed by atoms with van der Waals surface area (Å²) >= 11 is 1.77. The summed E-state index contributed by atoms with van der Waals surface area (Å²) < 4.78 is -0.107. The number of nitrogens with zero attached hydrogens (tertiary/aromatic N) is 2. The average molecular weight is 311 g/mol. The van der Waals surface area contributed by atoms with Crippen LogP contribution in [0.25, 0.3) is 0 Å². The second kappa shape index (κ2) is 6.47. The lowest BCUT2D eigenvalue weighted by molar-refractivity contribution is -0.122. The Morgan fingerprint density at radius 1 is 1.19 bits per heavy atom. The van der Waals surface area contributed by atoms with E-state index < -0.39 is 0 Å². The second-order valence-electron chi connectivity index (χ2n) is 6.97. The molecular formula is C16H29N3OS. The smallest absolute Gasteiger partial charge is 0.237 e. The van der Waals surface area contributed by atoms with E-state index in [9.17, 15) is 4.79 Å². The van der Waals surface area contributed by atoms with Gasteiger partial charge in [0.15, 0.2) is 0 Å². The molecule has 1 N–H and O–H groups in total. The van der Waals surface area contributed by atoms with Gasteiger partial charge in [-0.2, -0.15) is 0 Å². The zero-order valence-electron chi connectivity index (χ0n) is 13.4. The van der Waals surface area contributed by atoms with Gasteiger partial charge in [0, 0.05) is 30.9 Å². The molecule has 3 rings (SSSR count). The van der Waals surface area contributed by atoms with Crippen LogP contribution in [0, 0.1) is 0 Å². The van der Waals surface area contributed by atoms with Gasteiger partial charge in [0.05, 0.1) is 0 Å². The first-order valence-corrected chi connectivity index (χ1v) is 9.50. The van der Waals surface area contributed by atoms with Crippen molar-refractivity contribution < 1.29 is 4.79 Å². The molecule has 0 bridgehead atoms. The van der Waals surface area contributed by atoms with Gasteiger partial charge in [-0.3, -0.25) is 4.79 Å². The SMILES string of the molecule is CCN1CCC(N2CCC(NC(=O)C3(C)CS3)CC2)CC1. The summed E-state index contributed by atoms with van der Waals surface area (Å²) in [7, 11) is 0. The van der Waals surface area contributed by atoms with Crippen LogP contribution in [0.2, 0.25) is 0 Å². The number of amides is 1. The van der Waals surface area contributed by atoms with Crippen LogP contribution in [-0.4, -0.2) is 71.0 Å². The minimum Gasteiger partial charge on any atom is -0.352 e. The van der Waals surface area contributed by atoms with E-state index >= 15 is 0 Å². The summed E-state index contributed by atoms with van der Waals surface area (Å²) in [5.74, 6) is 1.26. The Kier molecular flexibility index (Phi) is 4.81. The Morgan fingerprint density at radius 2 is 1.81 bits per heavy atom. The van der Waals surface area contributed by atoms with E-state index in [0.29, 0.717) is 6.04 Å². The molecule has 3 aliphatic rings. The number of nitrogens with one attached hydrogen (secondary N) is 1. The Hall–Kier alpha value is -0.260. The van der Waals surface area contributed by atoms with Gasteiger partial charge in [-0.15, -0.1) is 11.8 Å². The van der Waals surface area contributed by atoms with Crippen molar-refractivity contribution in [3.8, 4) is 0 Å². The van der Waals surface area contributed by atoms with Crippen molar-refractivity contribution in [3.63, 3.8) is 0 Å². The predicted octanol–water partition coefficient (Wildman–Crippen LogP) is 1.56. The van der Waals surface area contributed by atoms with Crippen LogP contribution in [0.3, 0.4) is 0 Å². The summed E-state index contributed by atoms with van der Waals surface area (Å²) in [6.45, 7) is 10.3. The van der Waals surface area contributed by atoms with Gasteiger partial charge in [0.2, 0.25) is 5.91 Å². The molecule has 1 atom stereocenters. The lowest BCUT2D eigenvalue weighted by Crippen LogP contribution is -2.52. The number of rotatable bonds is 4. The molecule has 1 unspecified atom stereocenters. The molecule has 3 aliphatic heterocycles. The number of piperidine rings is 2. The van der Waals surface area contributed by atoms with Gasteiger partial charge in [0.1, 0.15) is 4.75 Å². The summed E-state index contributed by atoms with van der Waals surface area (Å²) in [4.78, 5) is 17.3. The number of likely N-dealkylation sites (tertiary alicyclic amines) is 2. The third kappa shape index (κ3) is 3.74. The molecule has 3 heterocycles. The quantitative estimate of drug-likeness (QED) is 0.799. The molecule has 0 aromatic rings. The van der Waals surface area contributed by atoms with E-state index in [4.69, 9.17) is 0 Å². The highest BCUT2D eigenvalue weighted by Crippen LogP contribution is 2.44. The number of hydrogen-bond donors (Lipinski definition) is 1. The van der Waals surface area contributed by atoms with Gasteiger partial charge >= 0.3 is 0 Å². The molecular weight excluding hydrogens is 282 g/mol. The number of thioether (sulfide) groups is 1. The van der Waals surface area contributed by atoms with Gasteiger partial charge in [-0.05, 0) is 52.2 Å². The highest BCUT2D eigenvalue weighted by atomic mass is 32.2. The van der Waals surface area contributed by atoms with Crippen molar-refractivity contribution in [2.24, 2.45) is 0 Å². The van der Waals surface area contributed by atoms with Crippen LogP contribution in [0.5, 0.6) is 0 Å². The first-order valence-electron chi connectivity index (χ1n) is 8.52. The van der Waals surface area contributed by atoms with Crippen LogP contribution in [0.15, 0.2) is 0 Å². The van der Waals surface area contributed by atoms with E-state index in [1.807, 2.05) is 0 Å². The highest BCUT2D eigenvalue weighted by molar-refractivity contribution is 8.08. The molecule has 4 nitrogen and oxygen atoms in total. The van der Waals surface area contributed by atoms with Gasteiger partial charge in [-0.25, -0.2) is 0 Å². The summed E-state index contributed by atoms with van der Waals surface area (Å²) in [6.07, 6.45) is 4.89. The zero-order chi connectivity index (χ0) is 14.9. The van der Waals surface area contributed by atoms with Crippen LogP contribution in [-0.2, 0) is 4.79 Å². The molecule has 3 saturated heterocycles. The molecule has 0 saturated carbocycles. The van der Waals surface area contributed by atoms with Crippen molar-refractivity contribution in [2.75, 3.05) is 38.5 Å². The highest BCUT2D eigenvalue weighted by Gasteiger charge is 2.47. The van der Waals surface area contributed by atoms with Crippen LogP contribution < -0.4 is 5.32 Å². The Labute approximate surface area is 133 Å². The second-order valence-corrected chi connectivity index (χ2v) is 8.45. The standard InChI is InChI=1S/C16H29N3OS/c1-3-18-8-6-14(7-9-18)19-10-4-13(5-11-19)17-15(20)16(2)12-21-16/h13-14H,3-12H2,1-2H3,(H,17,20). The molecule has 0 aromatic heterocycles.